The van der Waals surface area contributed by atoms with E-state index in [0.717, 1.165) is 6.42 Å². The quantitative estimate of drug-likeness (QED) is 0.556. The van der Waals surface area contributed by atoms with Crippen LogP contribution in [0.25, 0.3) is 0 Å². The van der Waals surface area contributed by atoms with Gasteiger partial charge >= 0.3 is 5.97 Å². The molecule has 0 aliphatic carbocycles. The SMILES string of the molecule is CC1(C)C2CC(C#N)C3(CC(=O)OC13)O2. The van der Waals surface area contributed by atoms with E-state index in [1.165, 1.54) is 0 Å². The number of ether oxygens (including phenoxy) is 2. The number of hydrogen-bond acceptors (Lipinski definition) is 4. The highest BCUT2D eigenvalue weighted by Crippen LogP contribution is 2.61. The Balaban J connectivity index is 2.09. The van der Waals surface area contributed by atoms with Crippen LogP contribution in [-0.4, -0.2) is 23.8 Å². The van der Waals surface area contributed by atoms with E-state index in [1.807, 2.05) is 0 Å². The maximum atomic E-state index is 11.4. The van der Waals surface area contributed by atoms with Gasteiger partial charge < -0.3 is 9.47 Å². The van der Waals surface area contributed by atoms with Gasteiger partial charge in [-0.05, 0) is 6.42 Å². The summed E-state index contributed by atoms with van der Waals surface area (Å²) in [6, 6.07) is 2.26. The van der Waals surface area contributed by atoms with Crippen molar-refractivity contribution in [3.8, 4) is 6.07 Å². The van der Waals surface area contributed by atoms with Gasteiger partial charge in [0.25, 0.3) is 0 Å². The van der Waals surface area contributed by atoms with Crippen molar-refractivity contribution in [2.75, 3.05) is 0 Å². The molecule has 4 heteroatoms. The first-order chi connectivity index (χ1) is 7.00. The van der Waals surface area contributed by atoms with Gasteiger partial charge in [-0.3, -0.25) is 4.79 Å². The summed E-state index contributed by atoms with van der Waals surface area (Å²) >= 11 is 0. The van der Waals surface area contributed by atoms with Crippen LogP contribution < -0.4 is 0 Å². The summed E-state index contributed by atoms with van der Waals surface area (Å²) in [6.07, 6.45) is 0.799. The summed E-state index contributed by atoms with van der Waals surface area (Å²) in [6.45, 7) is 4.10. The van der Waals surface area contributed by atoms with Gasteiger partial charge in [-0.25, -0.2) is 0 Å². The molecule has 3 aliphatic heterocycles. The fraction of sp³-hybridized carbons (Fsp3) is 0.818. The Bertz CT molecular complexity index is 384. The number of hydrogen-bond donors (Lipinski definition) is 0. The topological polar surface area (TPSA) is 59.3 Å². The zero-order valence-electron chi connectivity index (χ0n) is 8.82. The average molecular weight is 207 g/mol. The Labute approximate surface area is 88.2 Å². The second-order valence-electron chi connectivity index (χ2n) is 5.35. The first-order valence-corrected chi connectivity index (χ1v) is 5.27. The lowest BCUT2D eigenvalue weighted by atomic mass is 9.65. The monoisotopic (exact) mass is 207 g/mol. The molecule has 0 aromatic heterocycles. The molecule has 4 nitrogen and oxygen atoms in total. The minimum Gasteiger partial charge on any atom is -0.458 e. The molecule has 1 spiro atoms. The van der Waals surface area contributed by atoms with E-state index >= 15 is 0 Å². The van der Waals surface area contributed by atoms with Crippen LogP contribution in [0.1, 0.15) is 26.7 Å². The highest BCUT2D eigenvalue weighted by Gasteiger charge is 2.73. The molecule has 2 bridgehead atoms. The fourth-order valence-corrected chi connectivity index (χ4v) is 3.38. The normalized spacial score (nSPS) is 49.9. The second-order valence-corrected chi connectivity index (χ2v) is 5.35. The third-order valence-corrected chi connectivity index (χ3v) is 4.18. The molecule has 0 aromatic carbocycles. The number of esters is 1. The van der Waals surface area contributed by atoms with Gasteiger partial charge in [0.05, 0.1) is 24.5 Å². The predicted octanol–water partition coefficient (Wildman–Crippen LogP) is 1.01. The zero-order chi connectivity index (χ0) is 10.8. The van der Waals surface area contributed by atoms with Gasteiger partial charge in [-0.15, -0.1) is 0 Å². The smallest absolute Gasteiger partial charge is 0.309 e. The minimum absolute atomic E-state index is 0.0558. The van der Waals surface area contributed by atoms with E-state index < -0.39 is 5.60 Å². The lowest BCUT2D eigenvalue weighted by Crippen LogP contribution is -2.49. The Morgan fingerprint density at radius 3 is 2.93 bits per heavy atom. The summed E-state index contributed by atoms with van der Waals surface area (Å²) < 4.78 is 11.2. The minimum atomic E-state index is -0.639. The van der Waals surface area contributed by atoms with Crippen LogP contribution in [0, 0.1) is 22.7 Å². The van der Waals surface area contributed by atoms with Crippen molar-refractivity contribution in [1.29, 1.82) is 5.26 Å². The van der Waals surface area contributed by atoms with Crippen molar-refractivity contribution in [2.24, 2.45) is 11.3 Å². The largest absolute Gasteiger partial charge is 0.458 e. The van der Waals surface area contributed by atoms with Crippen molar-refractivity contribution < 1.29 is 14.3 Å². The number of fused-ring (bicyclic) bond motifs is 1. The highest BCUT2D eigenvalue weighted by atomic mass is 16.6. The predicted molar refractivity (Wildman–Crippen MR) is 49.6 cm³/mol. The molecule has 0 aromatic rings. The van der Waals surface area contributed by atoms with Gasteiger partial charge in [0, 0.05) is 5.41 Å². The molecular weight excluding hydrogens is 194 g/mol. The standard InChI is InChI=1S/C11H13NO3/c1-10(2)7-3-6(5-12)11(15-7)4-8(13)14-9(10)11/h6-7,9H,3-4H2,1-2H3. The summed E-state index contributed by atoms with van der Waals surface area (Å²) in [5.41, 5.74) is -0.792. The first-order valence-electron chi connectivity index (χ1n) is 5.27. The Morgan fingerprint density at radius 1 is 1.53 bits per heavy atom. The van der Waals surface area contributed by atoms with Crippen LogP contribution in [0.15, 0.2) is 0 Å². The molecule has 80 valence electrons. The van der Waals surface area contributed by atoms with E-state index in [9.17, 15) is 4.79 Å². The van der Waals surface area contributed by atoms with E-state index in [1.54, 1.807) is 0 Å². The van der Waals surface area contributed by atoms with Crippen LogP contribution in [0.2, 0.25) is 0 Å². The Hall–Kier alpha value is -1.08. The molecule has 3 heterocycles. The van der Waals surface area contributed by atoms with Gasteiger partial charge in [-0.2, -0.15) is 5.26 Å². The van der Waals surface area contributed by atoms with E-state index in [4.69, 9.17) is 14.7 Å². The number of carbonyl (C=O) groups excluding carboxylic acids is 1. The highest BCUT2D eigenvalue weighted by molar-refractivity contribution is 5.75. The van der Waals surface area contributed by atoms with Crippen LogP contribution in [0.4, 0.5) is 0 Å². The number of carbonyl (C=O) groups is 1. The molecule has 0 radical (unpaired) electrons. The maximum Gasteiger partial charge on any atom is 0.309 e. The molecule has 0 amide bonds. The van der Waals surface area contributed by atoms with Gasteiger partial charge in [-0.1, -0.05) is 13.8 Å². The molecule has 4 unspecified atom stereocenters. The summed E-state index contributed by atoms with van der Waals surface area (Å²) in [5, 5.41) is 9.09. The third-order valence-electron chi connectivity index (χ3n) is 4.18. The Morgan fingerprint density at radius 2 is 2.27 bits per heavy atom. The maximum absolute atomic E-state index is 11.4. The molecule has 3 saturated heterocycles. The summed E-state index contributed by atoms with van der Waals surface area (Å²) in [5.74, 6) is -0.416. The van der Waals surface area contributed by atoms with Gasteiger partial charge in [0.2, 0.25) is 0 Å². The fourth-order valence-electron chi connectivity index (χ4n) is 3.38. The van der Waals surface area contributed by atoms with Gasteiger partial charge in [0.1, 0.15) is 11.7 Å². The lowest BCUT2D eigenvalue weighted by Gasteiger charge is -2.36. The summed E-state index contributed by atoms with van der Waals surface area (Å²) in [4.78, 5) is 11.4. The van der Waals surface area contributed by atoms with Crippen molar-refractivity contribution in [1.82, 2.24) is 0 Å². The van der Waals surface area contributed by atoms with Crippen LogP contribution in [0.5, 0.6) is 0 Å². The van der Waals surface area contributed by atoms with Crippen molar-refractivity contribution in [2.45, 2.75) is 44.5 Å². The first kappa shape index (κ1) is 9.17. The molecule has 3 aliphatic rings. The molecular formula is C11H13NO3. The lowest BCUT2D eigenvalue weighted by molar-refractivity contribution is -0.146. The van der Waals surface area contributed by atoms with Gasteiger partial charge in [0.15, 0.2) is 0 Å². The van der Waals surface area contributed by atoms with Crippen LogP contribution >= 0.6 is 0 Å². The molecule has 3 fully saturated rings. The molecule has 0 saturated carbocycles. The molecule has 4 atom stereocenters. The van der Waals surface area contributed by atoms with Crippen molar-refractivity contribution in [3.63, 3.8) is 0 Å². The number of rotatable bonds is 0. The molecule has 15 heavy (non-hydrogen) atoms. The Kier molecular flexibility index (Phi) is 1.44. The van der Waals surface area contributed by atoms with Crippen LogP contribution in [0.3, 0.4) is 0 Å². The molecule has 3 rings (SSSR count). The second kappa shape index (κ2) is 2.35. The molecule has 0 N–H and O–H groups in total. The number of nitrogens with zero attached hydrogens (tertiary/aromatic N) is 1. The van der Waals surface area contributed by atoms with Crippen molar-refractivity contribution >= 4 is 5.97 Å². The summed E-state index contributed by atoms with van der Waals surface area (Å²) in [7, 11) is 0. The average Bonchev–Trinajstić information content (AvgIpc) is 2.73. The number of nitriles is 1. The van der Waals surface area contributed by atoms with E-state index in [0.29, 0.717) is 0 Å². The van der Waals surface area contributed by atoms with Crippen LogP contribution in [-0.2, 0) is 14.3 Å². The van der Waals surface area contributed by atoms with Crippen molar-refractivity contribution in [3.05, 3.63) is 0 Å². The zero-order valence-corrected chi connectivity index (χ0v) is 8.82. The van der Waals surface area contributed by atoms with E-state index in [2.05, 4.69) is 19.9 Å². The third kappa shape index (κ3) is 0.836. The van der Waals surface area contributed by atoms with E-state index in [-0.39, 0.29) is 35.9 Å².